The Bertz CT molecular complexity index is 1360. The number of aromatic amines is 1. The number of hydrogen-bond donors (Lipinski definition) is 2. The third-order valence-electron chi connectivity index (χ3n) is 6.03. The summed E-state index contributed by atoms with van der Waals surface area (Å²) in [5, 5.41) is 2.74. The Morgan fingerprint density at radius 3 is 2.16 bits per heavy atom. The molecule has 0 aliphatic rings. The van der Waals surface area contributed by atoms with Gasteiger partial charge in [-0.05, 0) is 54.7 Å². The van der Waals surface area contributed by atoms with Gasteiger partial charge in [-0.15, -0.1) is 13.2 Å². The highest BCUT2D eigenvalue weighted by Crippen LogP contribution is 2.36. The van der Waals surface area contributed by atoms with E-state index in [1.54, 1.807) is 40.0 Å². The number of H-pyrrole nitrogens is 1. The number of nitrogens with one attached hydrogen (secondary N) is 2. The number of alkyl halides is 3. The van der Waals surface area contributed by atoms with E-state index >= 15 is 0 Å². The van der Waals surface area contributed by atoms with E-state index in [9.17, 15) is 27.2 Å². The third kappa shape index (κ3) is 6.70. The molecule has 3 aromatic rings. The fourth-order valence-corrected chi connectivity index (χ4v) is 3.92. The summed E-state index contributed by atoms with van der Waals surface area (Å²) in [6.07, 6.45) is -5.05. The molecule has 38 heavy (non-hydrogen) atoms. The maximum Gasteiger partial charge on any atom is 0.573 e. The molecule has 2 aromatic carbocycles. The monoisotopic (exact) mass is 535 g/mol. The zero-order valence-electron chi connectivity index (χ0n) is 21.8. The highest BCUT2D eigenvalue weighted by molar-refractivity contribution is 5.92. The van der Waals surface area contributed by atoms with Gasteiger partial charge in [0, 0.05) is 11.5 Å². The molecule has 0 saturated carbocycles. The Morgan fingerprint density at radius 1 is 1.00 bits per heavy atom. The normalized spacial score (nSPS) is 13.1. The fourth-order valence-electron chi connectivity index (χ4n) is 3.92. The third-order valence-corrected chi connectivity index (χ3v) is 6.03. The smallest absolute Gasteiger partial charge is 0.497 e. The number of hydrogen-bond acceptors (Lipinski definition) is 5. The summed E-state index contributed by atoms with van der Waals surface area (Å²) in [5.41, 5.74) is -1.18. The van der Waals surface area contributed by atoms with Crippen LogP contribution in [0.25, 0.3) is 0 Å². The van der Waals surface area contributed by atoms with Gasteiger partial charge in [0.05, 0.1) is 13.2 Å². The largest absolute Gasteiger partial charge is 0.573 e. The molecule has 11 heteroatoms. The number of rotatable bonds is 7. The fraction of sp³-hybridized carbons (Fsp3) is 0.370. The summed E-state index contributed by atoms with van der Waals surface area (Å²) >= 11 is 0. The Morgan fingerprint density at radius 2 is 1.63 bits per heavy atom. The molecule has 1 atom stereocenters. The van der Waals surface area contributed by atoms with Crippen LogP contribution < -0.4 is 20.3 Å². The minimum Gasteiger partial charge on any atom is -0.497 e. The average molecular weight is 536 g/mol. The Hall–Kier alpha value is -3.89. The predicted octanol–water partition coefficient (Wildman–Crippen LogP) is 5.66. The van der Waals surface area contributed by atoms with Gasteiger partial charge in [-0.1, -0.05) is 39.0 Å². The second-order valence-electron chi connectivity index (χ2n) is 10.3. The molecule has 0 radical (unpaired) electrons. The van der Waals surface area contributed by atoms with Crippen LogP contribution >= 0.6 is 0 Å². The molecule has 0 saturated heterocycles. The van der Waals surface area contributed by atoms with E-state index in [1.807, 2.05) is 26.0 Å². The van der Waals surface area contributed by atoms with Gasteiger partial charge in [0.1, 0.15) is 17.3 Å². The molecule has 1 heterocycles. The summed E-state index contributed by atoms with van der Waals surface area (Å²) in [6.45, 7) is 8.96. The van der Waals surface area contributed by atoms with E-state index in [-0.39, 0.29) is 17.1 Å². The van der Waals surface area contributed by atoms with E-state index in [4.69, 9.17) is 4.74 Å². The van der Waals surface area contributed by atoms with Crippen LogP contribution in [0.2, 0.25) is 0 Å². The zero-order chi connectivity index (χ0) is 28.5. The van der Waals surface area contributed by atoms with Crippen molar-refractivity contribution in [2.45, 2.75) is 52.4 Å². The summed E-state index contributed by atoms with van der Waals surface area (Å²) in [7, 11) is 1.55. The van der Waals surface area contributed by atoms with Crippen molar-refractivity contribution in [1.82, 2.24) is 15.3 Å². The molecule has 0 spiro atoms. The number of benzene rings is 2. The predicted molar refractivity (Wildman–Crippen MR) is 133 cm³/mol. The maximum atomic E-state index is 14.4. The second kappa shape index (κ2) is 10.5. The van der Waals surface area contributed by atoms with Crippen LogP contribution in [0, 0.1) is 11.2 Å². The number of methoxy groups -OCH3 is 1. The SMILES string of the molecule is COc1ccc(C(C)(C)c2nc(C(=O)N[C@@H](c3ccc(OC(F)(F)F)c(F)c3)C(C)(C)C)cc(=O)[nH]2)cc1. The van der Waals surface area contributed by atoms with Gasteiger partial charge in [0.2, 0.25) is 0 Å². The first-order valence-electron chi connectivity index (χ1n) is 11.6. The molecule has 0 aliphatic carbocycles. The topological polar surface area (TPSA) is 93.3 Å². The van der Waals surface area contributed by atoms with Gasteiger partial charge in [0.25, 0.3) is 11.5 Å². The molecule has 0 bridgehead atoms. The lowest BCUT2D eigenvalue weighted by Gasteiger charge is -2.32. The molecule has 204 valence electrons. The summed E-state index contributed by atoms with van der Waals surface area (Å²) in [5.74, 6) is -2.03. The number of nitrogens with zero attached hydrogens (tertiary/aromatic N) is 1. The van der Waals surface area contributed by atoms with Crippen molar-refractivity contribution in [3.63, 3.8) is 0 Å². The molecule has 0 aliphatic heterocycles. The molecule has 1 amide bonds. The first kappa shape index (κ1) is 28.7. The maximum absolute atomic E-state index is 14.4. The molecule has 0 unspecified atom stereocenters. The zero-order valence-corrected chi connectivity index (χ0v) is 21.8. The van der Waals surface area contributed by atoms with Crippen LogP contribution in [0.5, 0.6) is 11.5 Å². The minimum absolute atomic E-state index is 0.169. The number of carbonyl (C=O) groups excluding carboxylic acids is 1. The van der Waals surface area contributed by atoms with Crippen molar-refractivity contribution >= 4 is 5.91 Å². The van der Waals surface area contributed by atoms with Crippen molar-refractivity contribution < 1.29 is 31.8 Å². The summed E-state index contributed by atoms with van der Waals surface area (Å²) in [4.78, 5) is 32.8. The van der Waals surface area contributed by atoms with Gasteiger partial charge in [-0.3, -0.25) is 9.59 Å². The van der Waals surface area contributed by atoms with Crippen LogP contribution in [0.4, 0.5) is 17.6 Å². The van der Waals surface area contributed by atoms with E-state index in [0.717, 1.165) is 23.8 Å². The van der Waals surface area contributed by atoms with Crippen LogP contribution in [-0.4, -0.2) is 29.3 Å². The Kier molecular flexibility index (Phi) is 7.90. The molecule has 0 fully saturated rings. The van der Waals surface area contributed by atoms with E-state index < -0.39 is 46.3 Å². The highest BCUT2D eigenvalue weighted by Gasteiger charge is 2.34. The summed E-state index contributed by atoms with van der Waals surface area (Å²) in [6, 6.07) is 10.3. The Balaban J connectivity index is 1.94. The molecule has 3 rings (SSSR count). The molecule has 1 aromatic heterocycles. The molecular weight excluding hydrogens is 506 g/mol. The average Bonchev–Trinajstić information content (AvgIpc) is 2.82. The van der Waals surface area contributed by atoms with E-state index in [0.29, 0.717) is 5.75 Å². The lowest BCUT2D eigenvalue weighted by Crippen LogP contribution is -2.38. The van der Waals surface area contributed by atoms with Crippen molar-refractivity contribution in [2.75, 3.05) is 7.11 Å². The lowest BCUT2D eigenvalue weighted by atomic mass is 9.82. The standard InChI is InChI=1S/C27H29F4N3O4/c1-25(2,3)22(15-7-12-20(18(28)13-15)38-27(29,30)31)34-23(36)19-14-21(35)33-24(32-19)26(4,5)16-8-10-17(37-6)11-9-16/h7-14,22H,1-6H3,(H,34,36)(H,32,33,35)/t22-/m0/s1. The van der Waals surface area contributed by atoms with E-state index in [1.165, 1.54) is 6.07 Å². The molecule has 7 nitrogen and oxygen atoms in total. The van der Waals surface area contributed by atoms with Gasteiger partial charge >= 0.3 is 6.36 Å². The quantitative estimate of drug-likeness (QED) is 0.381. The second-order valence-corrected chi connectivity index (χ2v) is 10.3. The molecule has 2 N–H and O–H groups in total. The van der Waals surface area contributed by atoms with Crippen molar-refractivity contribution in [2.24, 2.45) is 5.41 Å². The van der Waals surface area contributed by atoms with Gasteiger partial charge in [-0.2, -0.15) is 0 Å². The first-order valence-corrected chi connectivity index (χ1v) is 11.6. The lowest BCUT2D eigenvalue weighted by molar-refractivity contribution is -0.275. The first-order chi connectivity index (χ1) is 17.5. The highest BCUT2D eigenvalue weighted by atomic mass is 19.4. The number of ether oxygens (including phenoxy) is 2. The van der Waals surface area contributed by atoms with Gasteiger partial charge in [-0.25, -0.2) is 9.37 Å². The van der Waals surface area contributed by atoms with E-state index in [2.05, 4.69) is 20.0 Å². The van der Waals surface area contributed by atoms with Crippen molar-refractivity contribution in [1.29, 1.82) is 0 Å². The summed E-state index contributed by atoms with van der Waals surface area (Å²) < 4.78 is 60.9. The molecular formula is C27H29F4N3O4. The number of aromatic nitrogens is 2. The number of halogens is 4. The minimum atomic E-state index is -5.05. The van der Waals surface area contributed by atoms with Crippen molar-refractivity contribution in [3.05, 3.63) is 87.3 Å². The van der Waals surface area contributed by atoms with Gasteiger partial charge < -0.3 is 19.8 Å². The van der Waals surface area contributed by atoms with Gasteiger partial charge in [0.15, 0.2) is 11.6 Å². The van der Waals surface area contributed by atoms with Crippen molar-refractivity contribution in [3.8, 4) is 11.5 Å². The number of amides is 1. The van der Waals surface area contributed by atoms with Crippen LogP contribution in [-0.2, 0) is 5.41 Å². The Labute approximate surface area is 217 Å². The van der Waals surface area contributed by atoms with Crippen LogP contribution in [0.1, 0.15) is 68.1 Å². The number of carbonyl (C=O) groups is 1. The van der Waals surface area contributed by atoms with Crippen LogP contribution in [0.15, 0.2) is 53.3 Å². The van der Waals surface area contributed by atoms with Crippen LogP contribution in [0.3, 0.4) is 0 Å².